The van der Waals surface area contributed by atoms with Gasteiger partial charge in [0.15, 0.2) is 0 Å². The number of imidazole rings is 1. The highest BCUT2D eigenvalue weighted by atomic mass is 35.5. The Balaban J connectivity index is 1.88. The van der Waals surface area contributed by atoms with E-state index < -0.39 is 0 Å². The number of rotatable bonds is 3. The minimum absolute atomic E-state index is 0.345. The number of benzene rings is 1. The molecule has 0 fully saturated rings. The molecule has 20 heavy (non-hydrogen) atoms. The standard InChI is InChI=1S/C14H11Cl2N3O/c1-19-8-18-12-2-3-17-14(13(12)19)20-7-9-4-10(15)6-11(16)5-9/h2-6,8H,7H2,1H3. The second-order valence-corrected chi connectivity index (χ2v) is 5.28. The molecule has 0 spiro atoms. The molecule has 0 bridgehead atoms. The summed E-state index contributed by atoms with van der Waals surface area (Å²) >= 11 is 11.9. The second-order valence-electron chi connectivity index (χ2n) is 4.41. The molecule has 0 saturated carbocycles. The van der Waals surface area contributed by atoms with E-state index in [1.54, 1.807) is 18.6 Å². The first kappa shape index (κ1) is 13.2. The summed E-state index contributed by atoms with van der Waals surface area (Å²) in [5, 5.41) is 1.17. The van der Waals surface area contributed by atoms with Crippen LogP contribution in [0.2, 0.25) is 10.0 Å². The monoisotopic (exact) mass is 307 g/mol. The van der Waals surface area contributed by atoms with Crippen molar-refractivity contribution in [2.75, 3.05) is 0 Å². The van der Waals surface area contributed by atoms with Crippen LogP contribution in [0.15, 0.2) is 36.8 Å². The Hall–Kier alpha value is -1.78. The van der Waals surface area contributed by atoms with Gasteiger partial charge in [0.05, 0.1) is 11.8 Å². The van der Waals surface area contributed by atoms with Gasteiger partial charge in [0.1, 0.15) is 12.1 Å². The molecule has 0 amide bonds. The third kappa shape index (κ3) is 2.57. The van der Waals surface area contributed by atoms with E-state index in [4.69, 9.17) is 27.9 Å². The van der Waals surface area contributed by atoms with Crippen molar-refractivity contribution in [3.63, 3.8) is 0 Å². The molecule has 3 aromatic rings. The van der Waals surface area contributed by atoms with Gasteiger partial charge >= 0.3 is 0 Å². The Labute approximate surface area is 125 Å². The van der Waals surface area contributed by atoms with Gasteiger partial charge in [-0.15, -0.1) is 0 Å². The fourth-order valence-electron chi connectivity index (χ4n) is 2.02. The Kier molecular flexibility index (Phi) is 3.51. The summed E-state index contributed by atoms with van der Waals surface area (Å²) in [5.41, 5.74) is 2.60. The molecule has 0 aliphatic heterocycles. The number of fused-ring (bicyclic) bond motifs is 1. The van der Waals surface area contributed by atoms with E-state index in [0.29, 0.717) is 22.5 Å². The van der Waals surface area contributed by atoms with E-state index in [2.05, 4.69) is 9.97 Å². The molecular formula is C14H11Cl2N3O. The molecule has 2 aromatic heterocycles. The zero-order valence-corrected chi connectivity index (χ0v) is 12.2. The Morgan fingerprint density at radius 2 is 1.90 bits per heavy atom. The number of halogens is 2. The maximum Gasteiger partial charge on any atom is 0.240 e. The topological polar surface area (TPSA) is 39.9 Å². The molecule has 0 unspecified atom stereocenters. The zero-order chi connectivity index (χ0) is 14.1. The van der Waals surface area contributed by atoms with Crippen LogP contribution in [0, 0.1) is 0 Å². The summed E-state index contributed by atoms with van der Waals surface area (Å²) in [6.07, 6.45) is 3.41. The molecule has 102 valence electrons. The predicted molar refractivity (Wildman–Crippen MR) is 79.3 cm³/mol. The van der Waals surface area contributed by atoms with Crippen LogP contribution in [0.3, 0.4) is 0 Å². The minimum Gasteiger partial charge on any atom is -0.471 e. The second kappa shape index (κ2) is 5.31. The van der Waals surface area contributed by atoms with Crippen molar-refractivity contribution in [1.82, 2.24) is 14.5 Å². The highest BCUT2D eigenvalue weighted by molar-refractivity contribution is 6.34. The number of nitrogens with zero attached hydrogens (tertiary/aromatic N) is 3. The molecule has 0 saturated heterocycles. The average Bonchev–Trinajstić information content (AvgIpc) is 2.78. The van der Waals surface area contributed by atoms with Gasteiger partial charge in [0.2, 0.25) is 5.88 Å². The van der Waals surface area contributed by atoms with Crippen LogP contribution in [0.5, 0.6) is 5.88 Å². The van der Waals surface area contributed by atoms with Gasteiger partial charge in [0.25, 0.3) is 0 Å². The molecule has 0 aliphatic rings. The molecule has 0 N–H and O–H groups in total. The Morgan fingerprint density at radius 3 is 2.65 bits per heavy atom. The van der Waals surface area contributed by atoms with Crippen molar-refractivity contribution in [1.29, 1.82) is 0 Å². The molecule has 6 heteroatoms. The number of aryl methyl sites for hydroxylation is 1. The van der Waals surface area contributed by atoms with Crippen molar-refractivity contribution in [3.05, 3.63) is 52.4 Å². The maximum absolute atomic E-state index is 5.96. The third-order valence-electron chi connectivity index (χ3n) is 2.89. The Morgan fingerprint density at radius 1 is 1.15 bits per heavy atom. The normalized spacial score (nSPS) is 10.9. The van der Waals surface area contributed by atoms with Crippen LogP contribution in [0.1, 0.15) is 5.56 Å². The summed E-state index contributed by atoms with van der Waals surface area (Å²) in [7, 11) is 1.90. The summed E-state index contributed by atoms with van der Waals surface area (Å²) in [4.78, 5) is 8.51. The van der Waals surface area contributed by atoms with Crippen molar-refractivity contribution in [2.24, 2.45) is 7.05 Å². The van der Waals surface area contributed by atoms with Crippen LogP contribution < -0.4 is 4.74 Å². The van der Waals surface area contributed by atoms with Gasteiger partial charge in [-0.2, -0.15) is 0 Å². The number of aromatic nitrogens is 3. The van der Waals surface area contributed by atoms with E-state index in [1.807, 2.05) is 29.8 Å². The maximum atomic E-state index is 5.96. The number of hydrogen-bond acceptors (Lipinski definition) is 3. The zero-order valence-electron chi connectivity index (χ0n) is 10.7. The summed E-state index contributed by atoms with van der Waals surface area (Å²) in [6.45, 7) is 0.345. The van der Waals surface area contributed by atoms with Gasteiger partial charge in [0, 0.05) is 23.3 Å². The van der Waals surface area contributed by atoms with E-state index in [1.165, 1.54) is 0 Å². The fourth-order valence-corrected chi connectivity index (χ4v) is 2.59. The summed E-state index contributed by atoms with van der Waals surface area (Å²) in [5.74, 6) is 0.540. The van der Waals surface area contributed by atoms with Crippen molar-refractivity contribution >= 4 is 34.2 Å². The van der Waals surface area contributed by atoms with Crippen LogP contribution >= 0.6 is 23.2 Å². The first-order chi connectivity index (χ1) is 9.63. The smallest absolute Gasteiger partial charge is 0.240 e. The van der Waals surface area contributed by atoms with Crippen molar-refractivity contribution in [2.45, 2.75) is 6.61 Å². The van der Waals surface area contributed by atoms with Gasteiger partial charge in [-0.1, -0.05) is 23.2 Å². The first-order valence-electron chi connectivity index (χ1n) is 5.97. The number of hydrogen-bond donors (Lipinski definition) is 0. The number of pyridine rings is 1. The molecule has 1 aromatic carbocycles. The van der Waals surface area contributed by atoms with Gasteiger partial charge in [-0.25, -0.2) is 9.97 Å². The summed E-state index contributed by atoms with van der Waals surface area (Å²) in [6, 6.07) is 7.17. The lowest BCUT2D eigenvalue weighted by atomic mass is 10.2. The van der Waals surface area contributed by atoms with Gasteiger partial charge in [-0.3, -0.25) is 0 Å². The lowest BCUT2D eigenvalue weighted by Gasteiger charge is -2.08. The largest absolute Gasteiger partial charge is 0.471 e. The SMILES string of the molecule is Cn1cnc2ccnc(OCc3cc(Cl)cc(Cl)c3)c21. The fraction of sp³-hybridized carbons (Fsp3) is 0.143. The quantitative estimate of drug-likeness (QED) is 0.738. The summed E-state index contributed by atoms with van der Waals surface area (Å²) < 4.78 is 7.64. The number of ether oxygens (including phenoxy) is 1. The van der Waals surface area contributed by atoms with E-state index in [0.717, 1.165) is 16.6 Å². The molecule has 3 rings (SSSR count). The first-order valence-corrected chi connectivity index (χ1v) is 6.73. The third-order valence-corrected chi connectivity index (χ3v) is 3.33. The van der Waals surface area contributed by atoms with E-state index in [9.17, 15) is 0 Å². The van der Waals surface area contributed by atoms with E-state index >= 15 is 0 Å². The molecule has 4 nitrogen and oxygen atoms in total. The molecule has 0 atom stereocenters. The van der Waals surface area contributed by atoms with Crippen LogP contribution in [0.4, 0.5) is 0 Å². The Bertz CT molecular complexity index is 750. The highest BCUT2D eigenvalue weighted by Gasteiger charge is 2.09. The van der Waals surface area contributed by atoms with Crippen molar-refractivity contribution < 1.29 is 4.74 Å². The van der Waals surface area contributed by atoms with E-state index in [-0.39, 0.29) is 0 Å². The minimum atomic E-state index is 0.345. The molecule has 0 radical (unpaired) electrons. The van der Waals surface area contributed by atoms with Crippen molar-refractivity contribution in [3.8, 4) is 5.88 Å². The van der Waals surface area contributed by atoms with Gasteiger partial charge < -0.3 is 9.30 Å². The molecule has 2 heterocycles. The predicted octanol–water partition coefficient (Wildman–Crippen LogP) is 3.85. The lowest BCUT2D eigenvalue weighted by molar-refractivity contribution is 0.297. The van der Waals surface area contributed by atoms with Crippen LogP contribution in [0.25, 0.3) is 11.0 Å². The molecule has 0 aliphatic carbocycles. The van der Waals surface area contributed by atoms with Crippen LogP contribution in [-0.2, 0) is 13.7 Å². The molecular weight excluding hydrogens is 297 g/mol. The highest BCUT2D eigenvalue weighted by Crippen LogP contribution is 2.24. The van der Waals surface area contributed by atoms with Gasteiger partial charge in [-0.05, 0) is 29.8 Å². The lowest BCUT2D eigenvalue weighted by Crippen LogP contribution is -1.99. The average molecular weight is 308 g/mol. The van der Waals surface area contributed by atoms with Crippen LogP contribution in [-0.4, -0.2) is 14.5 Å².